The van der Waals surface area contributed by atoms with Crippen LogP contribution in [0.1, 0.15) is 12.0 Å². The lowest BCUT2D eigenvalue weighted by Gasteiger charge is -1.99. The fourth-order valence-electron chi connectivity index (χ4n) is 0.972. The van der Waals surface area contributed by atoms with Crippen molar-refractivity contribution in [1.29, 1.82) is 0 Å². The van der Waals surface area contributed by atoms with Gasteiger partial charge < -0.3 is 0 Å². The van der Waals surface area contributed by atoms with Crippen LogP contribution in [-0.2, 0) is 6.42 Å². The number of benzene rings is 1. The van der Waals surface area contributed by atoms with Gasteiger partial charge in [-0.05, 0) is 35.0 Å². The van der Waals surface area contributed by atoms with Crippen LogP contribution in [0.15, 0.2) is 35.3 Å². The largest absolute Gasteiger partial charge is 0.207 e. The summed E-state index contributed by atoms with van der Waals surface area (Å²) in [6.45, 7) is 3.72. The van der Waals surface area contributed by atoms with E-state index in [1.54, 1.807) is 12.1 Å². The van der Waals surface area contributed by atoms with Gasteiger partial charge in [0.15, 0.2) is 0 Å². The second kappa shape index (κ2) is 4.41. The Balaban J connectivity index is 2.57. The standard InChI is InChI=1S/C10H10BrF/c1-8(11)5-6-9-3-2-4-10(12)7-9/h2-4,7H,1,5-6H2. The first kappa shape index (κ1) is 9.46. The number of rotatable bonds is 3. The van der Waals surface area contributed by atoms with Crippen molar-refractivity contribution in [2.24, 2.45) is 0 Å². The van der Waals surface area contributed by atoms with Gasteiger partial charge in [0.1, 0.15) is 5.82 Å². The summed E-state index contributed by atoms with van der Waals surface area (Å²) >= 11 is 3.26. The van der Waals surface area contributed by atoms with E-state index >= 15 is 0 Å². The summed E-state index contributed by atoms with van der Waals surface area (Å²) in [5.41, 5.74) is 1.01. The fourth-order valence-corrected chi connectivity index (χ4v) is 1.17. The predicted molar refractivity (Wildman–Crippen MR) is 52.8 cm³/mol. The summed E-state index contributed by atoms with van der Waals surface area (Å²) in [6, 6.07) is 6.64. The lowest BCUT2D eigenvalue weighted by atomic mass is 10.1. The van der Waals surface area contributed by atoms with E-state index in [0.29, 0.717) is 0 Å². The molecular formula is C10H10BrF. The maximum Gasteiger partial charge on any atom is 0.123 e. The van der Waals surface area contributed by atoms with E-state index in [4.69, 9.17) is 0 Å². The summed E-state index contributed by atoms with van der Waals surface area (Å²) in [4.78, 5) is 0. The van der Waals surface area contributed by atoms with Crippen molar-refractivity contribution < 1.29 is 4.39 Å². The molecule has 64 valence electrons. The zero-order valence-corrected chi connectivity index (χ0v) is 8.27. The molecule has 2 heteroatoms. The quantitative estimate of drug-likeness (QED) is 0.741. The van der Waals surface area contributed by atoms with Gasteiger partial charge in [0.05, 0.1) is 0 Å². The van der Waals surface area contributed by atoms with Gasteiger partial charge in [0.2, 0.25) is 0 Å². The molecule has 0 N–H and O–H groups in total. The average molecular weight is 229 g/mol. The molecule has 0 saturated heterocycles. The van der Waals surface area contributed by atoms with E-state index in [1.165, 1.54) is 6.07 Å². The van der Waals surface area contributed by atoms with E-state index in [9.17, 15) is 4.39 Å². The molecule has 0 atom stereocenters. The van der Waals surface area contributed by atoms with Gasteiger partial charge in [-0.15, -0.1) is 0 Å². The summed E-state index contributed by atoms with van der Waals surface area (Å²) in [5.74, 6) is -0.173. The first-order valence-corrected chi connectivity index (χ1v) is 4.55. The van der Waals surface area contributed by atoms with Gasteiger partial charge in [-0.1, -0.05) is 34.6 Å². The van der Waals surface area contributed by atoms with Crippen LogP contribution in [0, 0.1) is 5.82 Å². The van der Waals surface area contributed by atoms with Crippen LogP contribution in [0.25, 0.3) is 0 Å². The molecular weight excluding hydrogens is 219 g/mol. The van der Waals surface area contributed by atoms with Crippen LogP contribution in [0.4, 0.5) is 4.39 Å². The van der Waals surface area contributed by atoms with Crippen molar-refractivity contribution in [2.75, 3.05) is 0 Å². The molecule has 0 saturated carbocycles. The molecule has 0 aromatic heterocycles. The van der Waals surface area contributed by atoms with Gasteiger partial charge in [-0.25, -0.2) is 4.39 Å². The van der Waals surface area contributed by atoms with Crippen molar-refractivity contribution in [3.63, 3.8) is 0 Å². The van der Waals surface area contributed by atoms with Crippen LogP contribution in [0.3, 0.4) is 0 Å². The van der Waals surface area contributed by atoms with Crippen molar-refractivity contribution in [2.45, 2.75) is 12.8 Å². The Hall–Kier alpha value is -0.630. The highest BCUT2D eigenvalue weighted by Crippen LogP contribution is 2.12. The van der Waals surface area contributed by atoms with Gasteiger partial charge in [0, 0.05) is 0 Å². The fraction of sp³-hybridized carbons (Fsp3) is 0.200. The number of hydrogen-bond acceptors (Lipinski definition) is 0. The molecule has 0 bridgehead atoms. The Morgan fingerprint density at radius 1 is 1.50 bits per heavy atom. The zero-order chi connectivity index (χ0) is 8.97. The third kappa shape index (κ3) is 3.18. The molecule has 1 rings (SSSR count). The molecule has 0 fully saturated rings. The van der Waals surface area contributed by atoms with E-state index in [0.717, 1.165) is 22.9 Å². The molecule has 0 heterocycles. The monoisotopic (exact) mass is 228 g/mol. The van der Waals surface area contributed by atoms with E-state index < -0.39 is 0 Å². The second-order valence-electron chi connectivity index (χ2n) is 2.65. The molecule has 0 spiro atoms. The average Bonchev–Trinajstić information content (AvgIpc) is 2.01. The van der Waals surface area contributed by atoms with E-state index in [-0.39, 0.29) is 5.82 Å². The van der Waals surface area contributed by atoms with Crippen molar-refractivity contribution >= 4 is 15.9 Å². The van der Waals surface area contributed by atoms with Crippen LogP contribution in [0.5, 0.6) is 0 Å². The zero-order valence-electron chi connectivity index (χ0n) is 6.69. The van der Waals surface area contributed by atoms with Gasteiger partial charge in [0.25, 0.3) is 0 Å². The summed E-state index contributed by atoms with van der Waals surface area (Å²) in [7, 11) is 0. The van der Waals surface area contributed by atoms with Crippen LogP contribution in [-0.4, -0.2) is 0 Å². The minimum absolute atomic E-state index is 0.173. The van der Waals surface area contributed by atoms with Crippen LogP contribution in [0.2, 0.25) is 0 Å². The maximum atomic E-state index is 12.7. The molecule has 0 aliphatic heterocycles. The Morgan fingerprint density at radius 2 is 2.25 bits per heavy atom. The Morgan fingerprint density at radius 3 is 2.83 bits per heavy atom. The molecule has 1 aromatic rings. The number of allylic oxidation sites excluding steroid dienone is 1. The highest BCUT2D eigenvalue weighted by atomic mass is 79.9. The summed E-state index contributed by atoms with van der Waals surface area (Å²) < 4.78 is 13.6. The van der Waals surface area contributed by atoms with Crippen molar-refractivity contribution in [3.05, 3.63) is 46.7 Å². The summed E-state index contributed by atoms with van der Waals surface area (Å²) in [5, 5.41) is 0. The number of aryl methyl sites for hydroxylation is 1. The normalized spacial score (nSPS) is 9.83. The topological polar surface area (TPSA) is 0 Å². The number of halogens is 2. The van der Waals surface area contributed by atoms with Gasteiger partial charge in [-0.3, -0.25) is 0 Å². The Bertz CT molecular complexity index is 281. The highest BCUT2D eigenvalue weighted by molar-refractivity contribution is 9.11. The lowest BCUT2D eigenvalue weighted by Crippen LogP contribution is -1.85. The molecule has 0 aliphatic carbocycles. The lowest BCUT2D eigenvalue weighted by molar-refractivity contribution is 0.625. The van der Waals surface area contributed by atoms with Crippen molar-refractivity contribution in [3.8, 4) is 0 Å². The molecule has 0 radical (unpaired) electrons. The molecule has 0 aliphatic rings. The first-order valence-electron chi connectivity index (χ1n) is 3.76. The van der Waals surface area contributed by atoms with E-state index in [2.05, 4.69) is 22.5 Å². The predicted octanol–water partition coefficient (Wildman–Crippen LogP) is 3.67. The Kier molecular flexibility index (Phi) is 3.48. The number of hydrogen-bond donors (Lipinski definition) is 0. The summed E-state index contributed by atoms with van der Waals surface area (Å²) in [6.07, 6.45) is 1.69. The van der Waals surface area contributed by atoms with Gasteiger partial charge >= 0.3 is 0 Å². The van der Waals surface area contributed by atoms with Crippen LogP contribution >= 0.6 is 15.9 Å². The molecule has 0 nitrogen and oxygen atoms in total. The highest BCUT2D eigenvalue weighted by Gasteiger charge is 1.95. The molecule has 12 heavy (non-hydrogen) atoms. The molecule has 0 amide bonds. The minimum Gasteiger partial charge on any atom is -0.207 e. The third-order valence-corrected chi connectivity index (χ3v) is 1.97. The van der Waals surface area contributed by atoms with Gasteiger partial charge in [-0.2, -0.15) is 0 Å². The minimum atomic E-state index is -0.173. The SMILES string of the molecule is C=C(Br)CCc1cccc(F)c1. The van der Waals surface area contributed by atoms with E-state index in [1.807, 2.05) is 6.07 Å². The molecule has 0 unspecified atom stereocenters. The van der Waals surface area contributed by atoms with Crippen LogP contribution < -0.4 is 0 Å². The third-order valence-electron chi connectivity index (χ3n) is 1.57. The maximum absolute atomic E-state index is 12.7. The second-order valence-corrected chi connectivity index (χ2v) is 3.77. The Labute approximate surface area is 80.2 Å². The smallest absolute Gasteiger partial charge is 0.123 e. The molecule has 1 aromatic carbocycles. The first-order chi connectivity index (χ1) is 5.68. The van der Waals surface area contributed by atoms with Crippen molar-refractivity contribution in [1.82, 2.24) is 0 Å².